The van der Waals surface area contributed by atoms with E-state index in [0.29, 0.717) is 49.1 Å². The maximum Gasteiger partial charge on any atom is 0.194 e. The maximum absolute atomic E-state index is 14.5. The highest BCUT2D eigenvalue weighted by Crippen LogP contribution is 2.56. The normalized spacial score (nSPS) is 25.7. The van der Waals surface area contributed by atoms with Crippen molar-refractivity contribution in [3.8, 4) is 11.5 Å². The number of aliphatic hydroxyl groups is 4. The average molecular weight is 723 g/mol. The molecule has 268 valence electrons. The lowest BCUT2D eigenvalue weighted by atomic mass is 9.72. The van der Waals surface area contributed by atoms with E-state index >= 15 is 0 Å². The molecule has 11 heteroatoms. The topological polar surface area (TPSA) is 160 Å². The fourth-order valence-electron chi connectivity index (χ4n) is 8.73. The number of ketones is 3. The fraction of sp³-hybridized carbons (Fsp3) is 0.341. The zero-order chi connectivity index (χ0) is 36.9. The van der Waals surface area contributed by atoms with Gasteiger partial charge in [-0.2, -0.15) is 0 Å². The highest BCUT2D eigenvalue weighted by Gasteiger charge is 2.45. The maximum atomic E-state index is 14.5. The zero-order valence-electron chi connectivity index (χ0n) is 29.2. The van der Waals surface area contributed by atoms with Gasteiger partial charge in [0.2, 0.25) is 0 Å². The van der Waals surface area contributed by atoms with E-state index in [-0.39, 0.29) is 63.4 Å². The van der Waals surface area contributed by atoms with Gasteiger partial charge in [-0.3, -0.25) is 14.4 Å². The van der Waals surface area contributed by atoms with Crippen LogP contribution in [0, 0.1) is 11.8 Å². The molecule has 4 N–H and O–H groups in total. The molecular weight excluding hydrogens is 685 g/mol. The first-order chi connectivity index (χ1) is 24.9. The third-order valence-electron chi connectivity index (χ3n) is 11.2. The molecule has 0 saturated carbocycles. The number of methoxy groups -OCH3 is 3. The van der Waals surface area contributed by atoms with Crippen LogP contribution in [0.15, 0.2) is 58.3 Å². The van der Waals surface area contributed by atoms with E-state index < -0.39 is 48.1 Å². The molecule has 7 unspecified atom stereocenters. The van der Waals surface area contributed by atoms with Crippen LogP contribution in [0.5, 0.6) is 11.5 Å². The van der Waals surface area contributed by atoms with Gasteiger partial charge >= 0.3 is 0 Å². The highest BCUT2D eigenvalue weighted by atomic mass is 32.2. The molecule has 4 aliphatic carbocycles. The van der Waals surface area contributed by atoms with Crippen molar-refractivity contribution in [3.63, 3.8) is 0 Å². The summed E-state index contributed by atoms with van der Waals surface area (Å²) in [5.41, 5.74) is 3.46. The van der Waals surface area contributed by atoms with Gasteiger partial charge in [0.25, 0.3) is 0 Å². The van der Waals surface area contributed by atoms with Crippen molar-refractivity contribution in [3.05, 3.63) is 115 Å². The van der Waals surface area contributed by atoms with Crippen LogP contribution in [0.4, 0.5) is 0 Å². The van der Waals surface area contributed by atoms with Gasteiger partial charge in [-0.05, 0) is 52.8 Å². The quantitative estimate of drug-likeness (QED) is 0.188. The standard InChI is InChI=1S/C41H38O10S/c1-16-12-22(42)28-20(36(16)44)14-26(32-34(28)38(46)18-8-6-10-24(49-3)30(18)40(32)48)52-27-15-21-29(23(43)13-17(2)37(21)45)35-33(27)41(51-5)31-19(39(35)47)9-7-11-25(31)50-4/h6-11,14-17,36-37,39-41,44-45,47-48H,12-13H2,1-5H3. The average Bonchev–Trinajstić information content (AvgIpc) is 3.14. The molecular formula is C41H38O10S. The first-order valence-electron chi connectivity index (χ1n) is 17.2. The van der Waals surface area contributed by atoms with E-state index in [9.17, 15) is 34.8 Å². The van der Waals surface area contributed by atoms with Crippen molar-refractivity contribution in [1.29, 1.82) is 0 Å². The number of hydrogen-bond donors (Lipinski definition) is 4. The Kier molecular flexibility index (Phi) is 8.44. The number of rotatable bonds is 5. The predicted molar refractivity (Wildman–Crippen MR) is 190 cm³/mol. The molecule has 0 bridgehead atoms. The number of carbonyl (C=O) groups excluding carboxylic acids is 3. The number of aliphatic hydroxyl groups excluding tert-OH is 4. The summed E-state index contributed by atoms with van der Waals surface area (Å²) in [6.45, 7) is 3.56. The van der Waals surface area contributed by atoms with Crippen molar-refractivity contribution < 1.29 is 49.0 Å². The van der Waals surface area contributed by atoms with Crippen LogP contribution in [-0.2, 0) is 4.74 Å². The van der Waals surface area contributed by atoms with Crippen LogP contribution < -0.4 is 9.47 Å². The van der Waals surface area contributed by atoms with Gasteiger partial charge in [0, 0.05) is 79.8 Å². The Morgan fingerprint density at radius 3 is 1.79 bits per heavy atom. The second kappa shape index (κ2) is 12.6. The summed E-state index contributed by atoms with van der Waals surface area (Å²) in [5.74, 6) is -1.06. The highest BCUT2D eigenvalue weighted by molar-refractivity contribution is 7.99. The smallest absolute Gasteiger partial charge is 0.194 e. The molecule has 0 fully saturated rings. The third kappa shape index (κ3) is 4.80. The first-order valence-corrected chi connectivity index (χ1v) is 18.0. The van der Waals surface area contributed by atoms with Crippen molar-refractivity contribution in [1.82, 2.24) is 0 Å². The molecule has 7 atom stereocenters. The minimum Gasteiger partial charge on any atom is -0.496 e. The third-order valence-corrected chi connectivity index (χ3v) is 12.3. The van der Waals surface area contributed by atoms with Crippen molar-refractivity contribution in [2.45, 2.75) is 67.0 Å². The minimum atomic E-state index is -1.40. The van der Waals surface area contributed by atoms with E-state index in [1.165, 1.54) is 21.3 Å². The summed E-state index contributed by atoms with van der Waals surface area (Å²) < 4.78 is 17.5. The Morgan fingerprint density at radius 1 is 0.615 bits per heavy atom. The lowest BCUT2D eigenvalue weighted by Crippen LogP contribution is -2.31. The van der Waals surface area contributed by atoms with Crippen molar-refractivity contribution >= 4 is 29.1 Å². The van der Waals surface area contributed by atoms with Gasteiger partial charge in [0.05, 0.1) is 26.4 Å². The Hall–Kier alpha value is -4.36. The Morgan fingerprint density at radius 2 is 1.17 bits per heavy atom. The predicted octanol–water partition coefficient (Wildman–Crippen LogP) is 6.12. The summed E-state index contributed by atoms with van der Waals surface area (Å²) in [5, 5.41) is 47.4. The van der Waals surface area contributed by atoms with Crippen molar-refractivity contribution in [2.24, 2.45) is 11.8 Å². The number of ether oxygens (including phenoxy) is 3. The van der Waals surface area contributed by atoms with Gasteiger partial charge in [-0.25, -0.2) is 0 Å². The van der Waals surface area contributed by atoms with Crippen LogP contribution in [-0.4, -0.2) is 59.1 Å². The van der Waals surface area contributed by atoms with Crippen LogP contribution >= 0.6 is 11.8 Å². The van der Waals surface area contributed by atoms with E-state index in [1.807, 2.05) is 0 Å². The SMILES string of the molecule is COc1cccc2c1C(O)c1c(Sc3cc4c(c5c3C(OC)c3c(OC)cccc3C5O)C(=O)CC(C)C4O)cc3c(c1C2=O)C(=O)CC(C)C3O. The van der Waals surface area contributed by atoms with Gasteiger partial charge in [0.1, 0.15) is 29.8 Å². The zero-order valence-corrected chi connectivity index (χ0v) is 30.0. The Balaban J connectivity index is 1.44. The Bertz CT molecular complexity index is 2230. The monoisotopic (exact) mass is 722 g/mol. The number of carbonyl (C=O) groups is 3. The van der Waals surface area contributed by atoms with E-state index in [1.54, 1.807) is 62.4 Å². The molecule has 8 rings (SSSR count). The molecule has 0 aromatic heterocycles. The van der Waals surface area contributed by atoms with Gasteiger partial charge in [-0.15, -0.1) is 0 Å². The summed E-state index contributed by atoms with van der Waals surface area (Å²) in [7, 11) is 4.48. The van der Waals surface area contributed by atoms with Gasteiger partial charge in [-0.1, -0.05) is 49.9 Å². The van der Waals surface area contributed by atoms with Crippen molar-refractivity contribution in [2.75, 3.05) is 21.3 Å². The molecule has 10 nitrogen and oxygen atoms in total. The molecule has 4 aliphatic rings. The summed E-state index contributed by atoms with van der Waals surface area (Å²) in [6.07, 6.45) is -5.52. The van der Waals surface area contributed by atoms with Gasteiger partial charge in [0.15, 0.2) is 17.3 Å². The lowest BCUT2D eigenvalue weighted by Gasteiger charge is -2.38. The van der Waals surface area contributed by atoms with Gasteiger partial charge < -0.3 is 34.6 Å². The number of benzene rings is 4. The number of Topliss-reactive ketones (excluding diaryl/α,β-unsaturated/α-hetero) is 2. The van der Waals surface area contributed by atoms with Crippen LogP contribution in [0.25, 0.3) is 0 Å². The molecule has 0 heterocycles. The summed E-state index contributed by atoms with van der Waals surface area (Å²) >= 11 is 1.14. The van der Waals surface area contributed by atoms with E-state index in [0.717, 1.165) is 11.8 Å². The van der Waals surface area contributed by atoms with E-state index in [4.69, 9.17) is 14.2 Å². The Labute approximate surface area is 304 Å². The summed E-state index contributed by atoms with van der Waals surface area (Å²) in [4.78, 5) is 42.9. The summed E-state index contributed by atoms with van der Waals surface area (Å²) in [6, 6.07) is 13.5. The molecule has 0 spiro atoms. The molecule has 52 heavy (non-hydrogen) atoms. The van der Waals surface area contributed by atoms with Crippen LogP contribution in [0.3, 0.4) is 0 Å². The molecule has 4 aromatic rings. The second-order valence-corrected chi connectivity index (χ2v) is 15.2. The first kappa shape index (κ1) is 34.7. The molecule has 0 saturated heterocycles. The molecule has 0 aliphatic heterocycles. The van der Waals surface area contributed by atoms with Crippen LogP contribution in [0.2, 0.25) is 0 Å². The van der Waals surface area contributed by atoms with Crippen LogP contribution in [0.1, 0.15) is 138 Å². The number of hydrogen-bond acceptors (Lipinski definition) is 11. The number of fused-ring (bicyclic) bond motifs is 8. The largest absolute Gasteiger partial charge is 0.496 e. The molecule has 4 aromatic carbocycles. The fourth-order valence-corrected chi connectivity index (χ4v) is 9.99. The lowest BCUT2D eigenvalue weighted by molar-refractivity contribution is 0.0731. The van der Waals surface area contributed by atoms with E-state index in [2.05, 4.69) is 0 Å². The second-order valence-electron chi connectivity index (χ2n) is 14.1. The minimum absolute atomic E-state index is 0.0233. The molecule has 0 radical (unpaired) electrons. The molecule has 0 amide bonds.